The predicted molar refractivity (Wildman–Crippen MR) is 180 cm³/mol. The van der Waals surface area contributed by atoms with E-state index in [-0.39, 0.29) is 60.7 Å². The van der Waals surface area contributed by atoms with Gasteiger partial charge in [-0.2, -0.15) is 10.5 Å². The van der Waals surface area contributed by atoms with Gasteiger partial charge in [0.25, 0.3) is 16.4 Å². The van der Waals surface area contributed by atoms with Crippen molar-refractivity contribution in [3.63, 3.8) is 0 Å². The Morgan fingerprint density at radius 2 is 1.46 bits per heavy atom. The van der Waals surface area contributed by atoms with Gasteiger partial charge < -0.3 is 4.74 Å². The number of fused-ring (bicyclic) bond motifs is 4. The normalized spacial score (nSPS) is 20.1. The van der Waals surface area contributed by atoms with Crippen LogP contribution in [-0.4, -0.2) is 25.5 Å². The molecule has 1 heterocycles. The maximum absolute atomic E-state index is 15.1. The van der Waals surface area contributed by atoms with Crippen LogP contribution in [0.5, 0.6) is 0 Å². The van der Waals surface area contributed by atoms with E-state index in [9.17, 15) is 32.5 Å². The van der Waals surface area contributed by atoms with Crippen LogP contribution in [0.4, 0.5) is 13.2 Å². The summed E-state index contributed by atoms with van der Waals surface area (Å²) in [4.78, 5) is 12.4. The van der Waals surface area contributed by atoms with Gasteiger partial charge in [-0.15, -0.1) is 0 Å². The van der Waals surface area contributed by atoms with Gasteiger partial charge in [0.15, 0.2) is 0 Å². The minimum absolute atomic E-state index is 0.0766. The number of esters is 1. The lowest BCUT2D eigenvalue weighted by Crippen LogP contribution is -2.48. The Kier molecular flexibility index (Phi) is 8.07. The highest BCUT2D eigenvalue weighted by Gasteiger charge is 2.53. The van der Waals surface area contributed by atoms with E-state index in [0.717, 1.165) is 59.1 Å². The van der Waals surface area contributed by atoms with Crippen molar-refractivity contribution in [2.45, 2.75) is 55.3 Å². The average Bonchev–Trinajstić information content (AvgIpc) is 3.49. The van der Waals surface area contributed by atoms with Gasteiger partial charge in [0.2, 0.25) is 0 Å². The maximum Gasteiger partial charge on any atom is 0.311 e. The summed E-state index contributed by atoms with van der Waals surface area (Å²) in [6.45, 7) is 0. The van der Waals surface area contributed by atoms with E-state index in [1.165, 1.54) is 31.4 Å². The van der Waals surface area contributed by atoms with E-state index in [4.69, 9.17) is 4.74 Å². The number of hydrogen-bond acceptors (Lipinski definition) is 6. The Morgan fingerprint density at radius 3 is 2.04 bits per heavy atom. The summed E-state index contributed by atoms with van der Waals surface area (Å²) >= 11 is 0. The molecule has 0 aliphatic heterocycles. The molecule has 0 radical (unpaired) electrons. The largest absolute Gasteiger partial charge is 0.469 e. The van der Waals surface area contributed by atoms with E-state index in [2.05, 4.69) is 12.1 Å². The first kappa shape index (κ1) is 33.1. The van der Waals surface area contributed by atoms with Gasteiger partial charge >= 0.3 is 5.97 Å². The molecule has 0 N–H and O–H groups in total. The number of nitrogens with zero attached hydrogens (tertiary/aromatic N) is 3. The number of aromatic nitrogens is 1. The quantitative estimate of drug-likeness (QED) is 0.158. The van der Waals surface area contributed by atoms with Crippen molar-refractivity contribution in [1.29, 1.82) is 10.5 Å². The fraction of sp³-hybridized carbons (Fsp3) is 0.256. The van der Waals surface area contributed by atoms with Crippen molar-refractivity contribution in [1.82, 2.24) is 3.97 Å². The van der Waals surface area contributed by atoms with Gasteiger partial charge in [-0.05, 0) is 98.0 Å². The summed E-state index contributed by atoms with van der Waals surface area (Å²) in [5.74, 6) is -0.864. The van der Waals surface area contributed by atoms with Crippen LogP contribution in [0.2, 0.25) is 0 Å². The van der Waals surface area contributed by atoms with E-state index in [0.29, 0.717) is 24.8 Å². The standard InChI is InChI=1S/C39H30F3N3O4S/c1-49-37(46)39-17-14-38(15-18-39,16-19-39)28-7-3-4-25(20-28)35-34(33-26(22-43)5-2-6-27(33)23-44)31-21-29(40)10-13-32(31)45(35)50(47,48)30-11-8-24(9-12-30)36(41)42/h2-13,20-21,36H,14-19H2,1H3. The lowest BCUT2D eigenvalue weighted by atomic mass is 9.52. The van der Waals surface area contributed by atoms with Crippen LogP contribution in [0, 0.1) is 33.9 Å². The Bertz CT molecular complexity index is 2330. The molecule has 2 bridgehead atoms. The Morgan fingerprint density at radius 1 is 0.840 bits per heavy atom. The maximum atomic E-state index is 15.1. The van der Waals surface area contributed by atoms with Gasteiger partial charge in [0, 0.05) is 27.6 Å². The number of ether oxygens (including phenoxy) is 1. The monoisotopic (exact) mass is 693 g/mol. The van der Waals surface area contributed by atoms with Crippen LogP contribution in [0.25, 0.3) is 33.3 Å². The summed E-state index contributed by atoms with van der Waals surface area (Å²) < 4.78 is 77.6. The lowest BCUT2D eigenvalue weighted by molar-refractivity contribution is -0.160. The zero-order chi connectivity index (χ0) is 35.4. The molecule has 3 fully saturated rings. The molecule has 5 aromatic rings. The molecule has 0 spiro atoms. The minimum Gasteiger partial charge on any atom is -0.469 e. The molecule has 0 amide bonds. The zero-order valence-electron chi connectivity index (χ0n) is 26.9. The van der Waals surface area contributed by atoms with Crippen molar-refractivity contribution in [2.24, 2.45) is 5.41 Å². The first-order chi connectivity index (χ1) is 24.0. The summed E-state index contributed by atoms with van der Waals surface area (Å²) in [5.41, 5.74) is 0.874. The second-order valence-corrected chi connectivity index (χ2v) is 14.9. The molecule has 50 heavy (non-hydrogen) atoms. The number of hydrogen-bond donors (Lipinski definition) is 0. The van der Waals surface area contributed by atoms with Crippen molar-refractivity contribution in [3.8, 4) is 34.5 Å². The van der Waals surface area contributed by atoms with Crippen molar-refractivity contribution in [3.05, 3.63) is 113 Å². The van der Waals surface area contributed by atoms with Crippen molar-refractivity contribution >= 4 is 26.9 Å². The Labute approximate surface area is 287 Å². The topological polar surface area (TPSA) is 113 Å². The third-order valence-corrected chi connectivity index (χ3v) is 12.5. The van der Waals surface area contributed by atoms with Gasteiger partial charge in [-0.25, -0.2) is 25.6 Å². The summed E-state index contributed by atoms with van der Waals surface area (Å²) in [7, 11) is -3.16. The highest BCUT2D eigenvalue weighted by atomic mass is 32.2. The van der Waals surface area contributed by atoms with E-state index < -0.39 is 27.7 Å². The molecule has 3 saturated carbocycles. The lowest BCUT2D eigenvalue weighted by Gasteiger charge is -2.52. The van der Waals surface area contributed by atoms with Crippen molar-refractivity contribution in [2.75, 3.05) is 7.11 Å². The molecule has 8 rings (SSSR count). The average molecular weight is 694 g/mol. The van der Waals surface area contributed by atoms with Crippen molar-refractivity contribution < 1.29 is 31.1 Å². The Hall–Kier alpha value is -5.39. The highest BCUT2D eigenvalue weighted by molar-refractivity contribution is 7.90. The molecule has 1 aromatic heterocycles. The zero-order valence-corrected chi connectivity index (χ0v) is 27.7. The number of alkyl halides is 2. The Balaban J connectivity index is 1.53. The summed E-state index contributed by atoms with van der Waals surface area (Å²) in [6, 6.07) is 24.1. The van der Waals surface area contributed by atoms with Crippen LogP contribution < -0.4 is 0 Å². The molecule has 4 aromatic carbocycles. The first-order valence-corrected chi connectivity index (χ1v) is 17.5. The van der Waals surface area contributed by atoms with Gasteiger partial charge in [-0.3, -0.25) is 4.79 Å². The molecular weight excluding hydrogens is 664 g/mol. The molecule has 252 valence electrons. The number of benzene rings is 4. The second-order valence-electron chi connectivity index (χ2n) is 13.1. The number of carbonyl (C=O) groups is 1. The molecule has 3 aliphatic carbocycles. The van der Waals surface area contributed by atoms with Gasteiger partial charge in [-0.1, -0.05) is 36.4 Å². The molecule has 0 unspecified atom stereocenters. The number of nitriles is 2. The number of carbonyl (C=O) groups excluding carboxylic acids is 1. The van der Waals surface area contributed by atoms with Gasteiger partial charge in [0.05, 0.1) is 51.9 Å². The SMILES string of the molecule is COC(=O)C12CCC(c3cccc(-c4c(-c5c(C#N)cccc5C#N)c5cc(F)ccc5n4S(=O)(=O)c4ccc(C(F)F)cc4)c3)(CC1)CC2. The molecular formula is C39H30F3N3O4S. The summed E-state index contributed by atoms with van der Waals surface area (Å²) in [6.07, 6.45) is 1.30. The van der Waals surface area contributed by atoms with Crippen LogP contribution in [0.3, 0.4) is 0 Å². The van der Waals surface area contributed by atoms with Crippen LogP contribution in [0.1, 0.15) is 67.2 Å². The number of rotatable bonds is 7. The number of methoxy groups -OCH3 is 1. The molecule has 0 atom stereocenters. The molecule has 0 saturated heterocycles. The fourth-order valence-corrected chi connectivity index (χ4v) is 9.58. The minimum atomic E-state index is -4.57. The number of halogens is 3. The summed E-state index contributed by atoms with van der Waals surface area (Å²) in [5, 5.41) is 20.6. The second kappa shape index (κ2) is 12.2. The van der Waals surface area contributed by atoms with E-state index in [1.54, 1.807) is 12.1 Å². The van der Waals surface area contributed by atoms with E-state index >= 15 is 4.39 Å². The van der Waals surface area contributed by atoms with E-state index in [1.807, 2.05) is 18.2 Å². The van der Waals surface area contributed by atoms with Crippen LogP contribution in [-0.2, 0) is 25.0 Å². The third-order valence-electron chi connectivity index (χ3n) is 10.7. The highest BCUT2D eigenvalue weighted by Crippen LogP contribution is 2.58. The molecule has 3 aliphatic rings. The predicted octanol–water partition coefficient (Wildman–Crippen LogP) is 8.80. The first-order valence-electron chi connectivity index (χ1n) is 16.1. The molecule has 11 heteroatoms. The molecule has 7 nitrogen and oxygen atoms in total. The fourth-order valence-electron chi connectivity index (χ4n) is 8.04. The third kappa shape index (κ3) is 5.07. The smallest absolute Gasteiger partial charge is 0.311 e. The van der Waals surface area contributed by atoms with Gasteiger partial charge in [0.1, 0.15) is 5.82 Å². The van der Waals surface area contributed by atoms with Crippen LogP contribution in [0.15, 0.2) is 89.8 Å². The van der Waals surface area contributed by atoms with Crippen LogP contribution >= 0.6 is 0 Å².